The number of ether oxygens (including phenoxy) is 2. The van der Waals surface area contributed by atoms with Crippen molar-refractivity contribution in [2.24, 2.45) is 53.3 Å². The third-order valence-corrected chi connectivity index (χ3v) is 34.8. The fourth-order valence-corrected chi connectivity index (χ4v) is 32.5. The molecule has 544 valence electrons. The number of hydrogen-bond acceptors (Lipinski definition) is 8. The minimum Gasteiger partial charge on any atom is -0.458 e. The summed E-state index contributed by atoms with van der Waals surface area (Å²) in [7, 11) is 0. The van der Waals surface area contributed by atoms with Gasteiger partial charge in [-0.05, 0) is 377 Å². The van der Waals surface area contributed by atoms with Crippen molar-refractivity contribution in [3.8, 4) is 23.0 Å². The first-order valence-corrected chi connectivity index (χ1v) is 44.5. The van der Waals surface area contributed by atoms with Crippen molar-refractivity contribution in [1.82, 2.24) is 0 Å². The Balaban J connectivity index is 0.742. The van der Waals surface area contributed by atoms with Crippen LogP contribution in [0.4, 0.5) is 62.6 Å². The summed E-state index contributed by atoms with van der Waals surface area (Å²) >= 11 is 3.99. The molecule has 0 amide bonds. The van der Waals surface area contributed by atoms with Crippen molar-refractivity contribution in [1.29, 1.82) is 0 Å². The highest BCUT2D eigenvalue weighted by molar-refractivity contribution is 7.34. The van der Waals surface area contributed by atoms with Crippen LogP contribution in [0, 0.1) is 94.8 Å². The second-order valence-electron chi connectivity index (χ2n) is 39.4. The molecule has 0 atom stereocenters. The van der Waals surface area contributed by atoms with E-state index in [0.29, 0.717) is 0 Å². The molecule has 111 heavy (non-hydrogen) atoms. The second kappa shape index (κ2) is 21.9. The van der Waals surface area contributed by atoms with E-state index in [2.05, 4.69) is 225 Å². The molecule has 12 bridgehead atoms. The highest BCUT2D eigenvalue weighted by Gasteiger charge is 2.59. The van der Waals surface area contributed by atoms with Gasteiger partial charge >= 0.3 is 0 Å². The fourth-order valence-electron chi connectivity index (χ4n) is 29.9. The monoisotopic (exact) mass is 1480 g/mol. The maximum absolute atomic E-state index is 8.30. The Morgan fingerprint density at radius 1 is 0.342 bits per heavy atom. The van der Waals surface area contributed by atoms with Crippen LogP contribution in [0.15, 0.2) is 164 Å². The number of rotatable bonds is 6. The molecular weight excluding hydrogens is 1390 g/mol. The van der Waals surface area contributed by atoms with E-state index in [9.17, 15) is 0 Å². The predicted molar refractivity (Wildman–Crippen MR) is 466 cm³/mol. The number of hydrogen-bond donors (Lipinski definition) is 1. The van der Waals surface area contributed by atoms with Crippen LogP contribution in [-0.2, 0) is 16.2 Å². The standard InChI is InChI=1S/C100H91B3N4O2S2/c1-52-20-54(3)92(55(4)21-52)106-79-41-77-73(102-89-78(104-77)33-67(98-43-58-24-59(44-98)26-60(25-58)45-98)34-81(89)105(70-14-8-7-9-15-70)94-71-16-10-12-18-87(71)110-96(94)102)39-74(79)101-76-40-75-80(42-84(76)108-85-37-68(35-82(106)90(85)101)99-46-61-27-62(47-99)29-63(28-61)48-99)107(93-56(5)22-53(2)23-57(93)6)83-36-69(100-49-64-30-65(50-100)32-66(31-64)51-100)38-86-91(83)103(75)97-95(109-86)72-17-11-13-19-88(72)111-97/h7-23,33-42,58-66,104H,24-32,43-51H2,1-6H3. The minimum atomic E-state index is -0.181. The van der Waals surface area contributed by atoms with Crippen molar-refractivity contribution >= 4 is 173 Å². The number of fused-ring (bicyclic) bond motifs is 16. The van der Waals surface area contributed by atoms with E-state index in [4.69, 9.17) is 9.47 Å². The Morgan fingerprint density at radius 3 is 1.31 bits per heavy atom. The molecule has 1 N–H and O–H groups in total. The lowest BCUT2D eigenvalue weighted by Crippen LogP contribution is -2.65. The molecule has 30 rings (SSSR count). The van der Waals surface area contributed by atoms with Crippen molar-refractivity contribution < 1.29 is 9.47 Å². The molecule has 12 aliphatic carbocycles. The number of anilines is 11. The molecule has 6 nitrogen and oxygen atoms in total. The Kier molecular flexibility index (Phi) is 12.6. The van der Waals surface area contributed by atoms with Crippen LogP contribution in [0.5, 0.6) is 23.0 Å². The van der Waals surface area contributed by atoms with Gasteiger partial charge in [-0.15, -0.1) is 22.7 Å². The molecule has 11 heteroatoms. The number of thiophene rings is 2. The van der Waals surface area contributed by atoms with Gasteiger partial charge in [-0.25, -0.2) is 0 Å². The molecule has 0 radical (unpaired) electrons. The summed E-state index contributed by atoms with van der Waals surface area (Å²) in [6, 6.07) is 66.9. The van der Waals surface area contributed by atoms with E-state index in [1.54, 1.807) is 5.56 Å². The van der Waals surface area contributed by atoms with Crippen LogP contribution < -0.4 is 77.3 Å². The van der Waals surface area contributed by atoms with Gasteiger partial charge in [-0.3, -0.25) is 0 Å². The zero-order valence-electron chi connectivity index (χ0n) is 64.7. The quantitative estimate of drug-likeness (QED) is 0.167. The zero-order valence-corrected chi connectivity index (χ0v) is 66.4. The molecule has 0 unspecified atom stereocenters. The van der Waals surface area contributed by atoms with Crippen LogP contribution in [-0.4, -0.2) is 20.1 Å². The summed E-state index contributed by atoms with van der Waals surface area (Å²) < 4.78 is 21.5. The van der Waals surface area contributed by atoms with E-state index in [-0.39, 0.29) is 36.4 Å². The summed E-state index contributed by atoms with van der Waals surface area (Å²) in [5.41, 5.74) is 36.3. The average molecular weight is 1480 g/mol. The van der Waals surface area contributed by atoms with Gasteiger partial charge in [0.1, 0.15) is 23.0 Å². The first kappa shape index (κ1) is 63.6. The Morgan fingerprint density at radius 2 is 0.766 bits per heavy atom. The number of aryl methyl sites for hydroxylation is 6. The number of para-hydroxylation sites is 1. The van der Waals surface area contributed by atoms with Crippen molar-refractivity contribution in [3.05, 3.63) is 214 Å². The maximum Gasteiger partial charge on any atom is 0.268 e. The highest BCUT2D eigenvalue weighted by Crippen LogP contribution is 2.66. The normalized spacial score (nSPS) is 28.5. The van der Waals surface area contributed by atoms with Gasteiger partial charge in [0.05, 0.1) is 17.1 Å². The molecule has 12 saturated carbocycles. The van der Waals surface area contributed by atoms with E-state index >= 15 is 0 Å². The molecule has 0 saturated heterocycles. The molecule has 10 aromatic carbocycles. The third-order valence-electron chi connectivity index (χ3n) is 32.4. The number of nitrogens with one attached hydrogen (secondary N) is 1. The summed E-state index contributed by atoms with van der Waals surface area (Å²) in [5, 5.41) is 7.09. The third kappa shape index (κ3) is 8.59. The summed E-state index contributed by atoms with van der Waals surface area (Å²) in [4.78, 5) is 8.28. The van der Waals surface area contributed by atoms with E-state index < -0.39 is 0 Å². The smallest absolute Gasteiger partial charge is 0.268 e. The highest BCUT2D eigenvalue weighted by atomic mass is 32.1. The second-order valence-corrected chi connectivity index (χ2v) is 41.5. The Labute approximate surface area is 661 Å². The average Bonchev–Trinajstić information content (AvgIpc) is 1.68. The van der Waals surface area contributed by atoms with Gasteiger partial charge < -0.3 is 29.5 Å². The van der Waals surface area contributed by atoms with Crippen LogP contribution in [0.3, 0.4) is 0 Å². The van der Waals surface area contributed by atoms with Crippen LogP contribution in [0.1, 0.15) is 166 Å². The number of nitrogens with zero attached hydrogens (tertiary/aromatic N) is 3. The predicted octanol–water partition coefficient (Wildman–Crippen LogP) is 20.5. The zero-order chi connectivity index (χ0) is 72.9. The Hall–Kier alpha value is -8.89. The van der Waals surface area contributed by atoms with Crippen LogP contribution >= 0.6 is 22.7 Å². The van der Waals surface area contributed by atoms with Crippen LogP contribution in [0.2, 0.25) is 0 Å². The minimum absolute atomic E-state index is 0.0331. The maximum atomic E-state index is 8.30. The topological polar surface area (TPSA) is 40.2 Å². The summed E-state index contributed by atoms with van der Waals surface area (Å²) in [6.45, 7) is 13.8. The lowest BCUT2D eigenvalue weighted by Gasteiger charge is -2.57. The van der Waals surface area contributed by atoms with E-state index in [0.717, 1.165) is 76.3 Å². The first-order chi connectivity index (χ1) is 54.2. The van der Waals surface area contributed by atoms with Gasteiger partial charge in [-0.1, -0.05) is 96.1 Å². The summed E-state index contributed by atoms with van der Waals surface area (Å²) in [6.07, 6.45) is 24.3. The van der Waals surface area contributed by atoms with E-state index in [1.165, 1.54) is 291 Å². The van der Waals surface area contributed by atoms with Crippen molar-refractivity contribution in [3.63, 3.8) is 0 Å². The van der Waals surface area contributed by atoms with Gasteiger partial charge in [0.25, 0.3) is 20.1 Å². The molecular formula is C100H91B3N4O2S2. The largest absolute Gasteiger partial charge is 0.458 e. The van der Waals surface area contributed by atoms with E-state index in [1.807, 2.05) is 22.7 Å². The molecule has 12 fully saturated rings. The molecule has 0 spiro atoms. The first-order valence-electron chi connectivity index (χ1n) is 42.8. The van der Waals surface area contributed by atoms with Gasteiger partial charge in [-0.2, -0.15) is 0 Å². The van der Waals surface area contributed by atoms with Crippen molar-refractivity contribution in [2.75, 3.05) is 20.0 Å². The van der Waals surface area contributed by atoms with Gasteiger partial charge in [0.15, 0.2) is 0 Å². The molecule has 2 aromatic heterocycles. The molecule has 6 aliphatic heterocycles. The van der Waals surface area contributed by atoms with Gasteiger partial charge in [0, 0.05) is 81.3 Å². The summed E-state index contributed by atoms with van der Waals surface area (Å²) in [5.74, 6) is 11.4. The molecule has 8 heterocycles. The molecule has 12 aromatic rings. The lowest BCUT2D eigenvalue weighted by molar-refractivity contribution is -0.00534. The number of benzene rings is 10. The Bertz CT molecular complexity index is 6090. The molecule has 18 aliphatic rings. The van der Waals surface area contributed by atoms with Gasteiger partial charge in [0.2, 0.25) is 0 Å². The fraction of sp³-hybridized carbons (Fsp3) is 0.360. The SMILES string of the molecule is Cc1cc(C)c(N2c3cc4c(cc3B3c5cc6c(cc5Oc5cc(C78CC9CC(CC(C9)C7)C8)cc2c53)N(c2c(C)cc(C)cc2C)c2cc(C35CC7CC(CC(C7)C3)C5)cc3c2B6c2sc5ccccc5c2O3)B2c3sc5ccccc5c3N(c3ccccc3)c3cc(C56CC7CC(CC(C7)C5)C6)cc(c32)N4)c(C)c1. The van der Waals surface area contributed by atoms with Crippen LogP contribution in [0.25, 0.3) is 20.2 Å². The van der Waals surface area contributed by atoms with Crippen molar-refractivity contribution in [2.45, 2.75) is 173 Å². The lowest BCUT2D eigenvalue weighted by atomic mass is 9.30.